The van der Waals surface area contributed by atoms with Gasteiger partial charge < -0.3 is 15.4 Å². The lowest BCUT2D eigenvalue weighted by molar-refractivity contribution is 0.396. The van der Waals surface area contributed by atoms with Crippen molar-refractivity contribution in [3.63, 3.8) is 0 Å². The van der Waals surface area contributed by atoms with Crippen LogP contribution in [-0.2, 0) is 0 Å². The fraction of sp³-hybridized carbons (Fsp3) is 0.417. The molecule has 2 rings (SSSR count). The normalized spacial score (nSPS) is 16.5. The Hall–Kier alpha value is -1.33. The highest BCUT2D eigenvalue weighted by atomic mass is 16.4. The molecule has 5 heteroatoms. The summed E-state index contributed by atoms with van der Waals surface area (Å²) in [6, 6.07) is 1.97. The fourth-order valence-corrected chi connectivity index (χ4v) is 1.67. The molecule has 2 heterocycles. The number of aromatic nitrogens is 1. The molecule has 1 aliphatic heterocycles. The van der Waals surface area contributed by atoms with Gasteiger partial charge in [-0.05, 0) is 31.7 Å². The van der Waals surface area contributed by atoms with Crippen molar-refractivity contribution in [3.8, 4) is 0 Å². The molecule has 1 aromatic rings. The molecular weight excluding hydrogens is 215 g/mol. The third-order valence-corrected chi connectivity index (χ3v) is 2.67. The van der Waals surface area contributed by atoms with E-state index in [1.165, 1.54) is 0 Å². The van der Waals surface area contributed by atoms with E-state index >= 15 is 0 Å². The first-order chi connectivity index (χ1) is 8.09. The van der Waals surface area contributed by atoms with E-state index in [1.54, 1.807) is 12.3 Å². The zero-order valence-electron chi connectivity index (χ0n) is 10.7. The Balaban J connectivity index is 0.000000686. The minimum absolute atomic E-state index is 0.444. The SMILES string of the molecule is CC.Cc1cc2c(nc1C)C(B(O)O)C=CN2. The lowest BCUT2D eigenvalue weighted by Crippen LogP contribution is -2.26. The van der Waals surface area contributed by atoms with Crippen LogP contribution in [-0.4, -0.2) is 22.2 Å². The largest absolute Gasteiger partial charge is 0.465 e. The molecule has 0 fully saturated rings. The number of pyridine rings is 1. The highest BCUT2D eigenvalue weighted by Gasteiger charge is 2.28. The van der Waals surface area contributed by atoms with E-state index in [9.17, 15) is 10.0 Å². The Bertz CT molecular complexity index is 419. The molecule has 0 aliphatic carbocycles. The first-order valence-electron chi connectivity index (χ1n) is 5.87. The zero-order valence-corrected chi connectivity index (χ0v) is 10.7. The standard InChI is InChI=1S/C10H13BN2O2.C2H6/c1-6-5-9-10(13-7(6)2)8(11(14)15)3-4-12-9;1-2/h3-5,8,12,14-15H,1-2H3;1-2H3. The number of hydrogen-bond acceptors (Lipinski definition) is 4. The van der Waals surface area contributed by atoms with Gasteiger partial charge in [0.15, 0.2) is 0 Å². The van der Waals surface area contributed by atoms with Crippen molar-refractivity contribution in [2.75, 3.05) is 5.32 Å². The fourth-order valence-electron chi connectivity index (χ4n) is 1.67. The predicted octanol–water partition coefficient (Wildman–Crippen LogP) is 1.76. The van der Waals surface area contributed by atoms with Gasteiger partial charge in [-0.3, -0.25) is 4.98 Å². The summed E-state index contributed by atoms with van der Waals surface area (Å²) < 4.78 is 0. The van der Waals surface area contributed by atoms with Crippen molar-refractivity contribution < 1.29 is 10.0 Å². The first kappa shape index (κ1) is 13.7. The smallest absolute Gasteiger partial charge is 0.426 e. The quantitative estimate of drug-likeness (QED) is 0.648. The molecular formula is C12H19BN2O2. The number of nitrogens with zero attached hydrogens (tertiary/aromatic N) is 1. The van der Waals surface area contributed by atoms with Crippen LogP contribution in [0, 0.1) is 13.8 Å². The van der Waals surface area contributed by atoms with Gasteiger partial charge in [-0.25, -0.2) is 0 Å². The number of hydrogen-bond donors (Lipinski definition) is 3. The van der Waals surface area contributed by atoms with Crippen molar-refractivity contribution in [2.45, 2.75) is 33.5 Å². The second-order valence-electron chi connectivity index (χ2n) is 3.77. The molecule has 0 saturated heterocycles. The molecule has 1 aromatic heterocycles. The third-order valence-electron chi connectivity index (χ3n) is 2.67. The monoisotopic (exact) mass is 234 g/mol. The van der Waals surface area contributed by atoms with Crippen LogP contribution in [0.3, 0.4) is 0 Å². The van der Waals surface area contributed by atoms with Crippen LogP contribution in [0.4, 0.5) is 5.69 Å². The average Bonchev–Trinajstić information content (AvgIpc) is 2.32. The maximum Gasteiger partial charge on any atom is 0.465 e. The summed E-state index contributed by atoms with van der Waals surface area (Å²) in [4.78, 5) is 4.38. The minimum Gasteiger partial charge on any atom is -0.426 e. The molecule has 92 valence electrons. The van der Waals surface area contributed by atoms with E-state index in [0.717, 1.165) is 16.9 Å². The van der Waals surface area contributed by atoms with Gasteiger partial charge >= 0.3 is 7.12 Å². The maximum absolute atomic E-state index is 9.22. The molecule has 0 radical (unpaired) electrons. The first-order valence-corrected chi connectivity index (χ1v) is 5.87. The van der Waals surface area contributed by atoms with Gasteiger partial charge in [0.1, 0.15) is 0 Å². The second kappa shape index (κ2) is 5.84. The predicted molar refractivity (Wildman–Crippen MR) is 70.8 cm³/mol. The number of fused-ring (bicyclic) bond motifs is 1. The van der Waals surface area contributed by atoms with E-state index in [0.29, 0.717) is 5.69 Å². The summed E-state index contributed by atoms with van der Waals surface area (Å²) in [5.41, 5.74) is 3.54. The molecule has 0 bridgehead atoms. The number of nitrogens with one attached hydrogen (secondary N) is 1. The van der Waals surface area contributed by atoms with E-state index in [1.807, 2.05) is 33.8 Å². The highest BCUT2D eigenvalue weighted by Crippen LogP contribution is 2.29. The van der Waals surface area contributed by atoms with Crippen molar-refractivity contribution in [3.05, 3.63) is 35.3 Å². The molecule has 0 spiro atoms. The lowest BCUT2D eigenvalue weighted by atomic mass is 9.69. The summed E-state index contributed by atoms with van der Waals surface area (Å²) in [7, 11) is -1.41. The molecule has 1 unspecified atom stereocenters. The maximum atomic E-state index is 9.22. The molecule has 0 amide bonds. The number of aryl methyl sites for hydroxylation is 2. The summed E-state index contributed by atoms with van der Waals surface area (Å²) in [5.74, 6) is -0.444. The van der Waals surface area contributed by atoms with E-state index in [-0.39, 0.29) is 0 Å². The molecule has 0 aromatic carbocycles. The molecule has 1 aliphatic rings. The van der Waals surface area contributed by atoms with E-state index in [2.05, 4.69) is 10.3 Å². The van der Waals surface area contributed by atoms with Gasteiger partial charge in [-0.1, -0.05) is 19.9 Å². The zero-order chi connectivity index (χ0) is 13.0. The van der Waals surface area contributed by atoms with Crippen LogP contribution in [0.15, 0.2) is 18.3 Å². The van der Waals surface area contributed by atoms with Gasteiger partial charge in [-0.2, -0.15) is 0 Å². The summed E-state index contributed by atoms with van der Waals surface area (Å²) in [6.07, 6.45) is 3.41. The molecule has 0 saturated carbocycles. The van der Waals surface area contributed by atoms with Crippen LogP contribution < -0.4 is 5.32 Å². The van der Waals surface area contributed by atoms with Crippen LogP contribution in [0.5, 0.6) is 0 Å². The van der Waals surface area contributed by atoms with Gasteiger partial charge in [-0.15, -0.1) is 0 Å². The Morgan fingerprint density at radius 1 is 1.29 bits per heavy atom. The summed E-state index contributed by atoms with van der Waals surface area (Å²) in [6.45, 7) is 7.89. The van der Waals surface area contributed by atoms with Gasteiger partial charge in [0.2, 0.25) is 0 Å². The number of anilines is 1. The van der Waals surface area contributed by atoms with Crippen molar-refractivity contribution in [1.29, 1.82) is 0 Å². The molecule has 4 nitrogen and oxygen atoms in total. The Labute approximate surface area is 103 Å². The highest BCUT2D eigenvalue weighted by molar-refractivity contribution is 6.44. The van der Waals surface area contributed by atoms with Crippen molar-refractivity contribution >= 4 is 12.8 Å². The van der Waals surface area contributed by atoms with Gasteiger partial charge in [0.25, 0.3) is 0 Å². The topological polar surface area (TPSA) is 65.4 Å². The Morgan fingerprint density at radius 3 is 2.53 bits per heavy atom. The van der Waals surface area contributed by atoms with E-state index in [4.69, 9.17) is 0 Å². The van der Waals surface area contributed by atoms with Crippen LogP contribution in [0.25, 0.3) is 0 Å². The summed E-state index contributed by atoms with van der Waals surface area (Å²) in [5, 5.41) is 21.5. The third kappa shape index (κ3) is 2.87. The summed E-state index contributed by atoms with van der Waals surface area (Å²) >= 11 is 0. The molecule has 17 heavy (non-hydrogen) atoms. The average molecular weight is 234 g/mol. The minimum atomic E-state index is -1.41. The van der Waals surface area contributed by atoms with Gasteiger partial charge in [0.05, 0.1) is 17.2 Å². The van der Waals surface area contributed by atoms with Crippen molar-refractivity contribution in [2.24, 2.45) is 0 Å². The number of allylic oxidation sites excluding steroid dienone is 1. The van der Waals surface area contributed by atoms with Gasteiger partial charge in [0, 0.05) is 5.69 Å². The Kier molecular flexibility index (Phi) is 4.72. The van der Waals surface area contributed by atoms with Crippen LogP contribution in [0.1, 0.15) is 36.6 Å². The number of rotatable bonds is 1. The van der Waals surface area contributed by atoms with E-state index < -0.39 is 12.9 Å². The van der Waals surface area contributed by atoms with Crippen LogP contribution >= 0.6 is 0 Å². The Morgan fingerprint density at radius 2 is 1.94 bits per heavy atom. The second-order valence-corrected chi connectivity index (χ2v) is 3.77. The lowest BCUT2D eigenvalue weighted by Gasteiger charge is -2.21. The molecule has 1 atom stereocenters. The molecule has 3 N–H and O–H groups in total. The van der Waals surface area contributed by atoms with Crippen LogP contribution in [0.2, 0.25) is 0 Å². The van der Waals surface area contributed by atoms with Crippen molar-refractivity contribution in [1.82, 2.24) is 4.98 Å².